The summed E-state index contributed by atoms with van der Waals surface area (Å²) in [5.41, 5.74) is 9.45. The summed E-state index contributed by atoms with van der Waals surface area (Å²) in [6, 6.07) is 6.30. The second-order valence-electron chi connectivity index (χ2n) is 5.45. The topological polar surface area (TPSA) is 46.2 Å². The molecule has 2 heteroatoms. The van der Waals surface area contributed by atoms with Gasteiger partial charge in [-0.05, 0) is 28.5 Å². The molecule has 0 spiro atoms. The highest BCUT2D eigenvalue weighted by molar-refractivity contribution is 5.41. The molecule has 15 heavy (non-hydrogen) atoms. The summed E-state index contributed by atoms with van der Waals surface area (Å²) in [5.74, 6) is 0. The van der Waals surface area contributed by atoms with E-state index in [0.29, 0.717) is 6.42 Å². The Kier molecular flexibility index (Phi) is 2.36. The fourth-order valence-electron chi connectivity index (χ4n) is 2.16. The SMILES string of the molecule is CC(C)(C)c1ccc2c(c1)C(O)CC2N. The van der Waals surface area contributed by atoms with Crippen LogP contribution < -0.4 is 5.73 Å². The molecule has 0 aromatic heterocycles. The van der Waals surface area contributed by atoms with E-state index < -0.39 is 0 Å². The van der Waals surface area contributed by atoms with Crippen LogP contribution in [0.25, 0.3) is 0 Å². The first kappa shape index (κ1) is 10.7. The Morgan fingerprint density at radius 2 is 1.93 bits per heavy atom. The van der Waals surface area contributed by atoms with E-state index in [4.69, 9.17) is 5.73 Å². The average Bonchev–Trinajstić information content (AvgIpc) is 2.41. The summed E-state index contributed by atoms with van der Waals surface area (Å²) in [7, 11) is 0. The zero-order chi connectivity index (χ0) is 11.2. The maximum Gasteiger partial charge on any atom is 0.0811 e. The zero-order valence-electron chi connectivity index (χ0n) is 9.62. The van der Waals surface area contributed by atoms with Crippen LogP contribution in [0.15, 0.2) is 18.2 Å². The van der Waals surface area contributed by atoms with Crippen molar-refractivity contribution in [3.63, 3.8) is 0 Å². The predicted octanol–water partition coefficient (Wildman–Crippen LogP) is 2.42. The van der Waals surface area contributed by atoms with Crippen molar-refractivity contribution in [2.24, 2.45) is 5.73 Å². The number of benzene rings is 1. The summed E-state index contributed by atoms with van der Waals surface area (Å²) < 4.78 is 0. The number of hydrogen-bond donors (Lipinski definition) is 2. The zero-order valence-corrected chi connectivity index (χ0v) is 9.62. The molecule has 1 aliphatic carbocycles. The van der Waals surface area contributed by atoms with Crippen molar-refractivity contribution in [3.8, 4) is 0 Å². The molecule has 2 unspecified atom stereocenters. The highest BCUT2D eigenvalue weighted by atomic mass is 16.3. The summed E-state index contributed by atoms with van der Waals surface area (Å²) in [6.07, 6.45) is 0.278. The van der Waals surface area contributed by atoms with E-state index in [0.717, 1.165) is 11.1 Å². The summed E-state index contributed by atoms with van der Waals surface area (Å²) >= 11 is 0. The van der Waals surface area contributed by atoms with Crippen LogP contribution in [0.5, 0.6) is 0 Å². The van der Waals surface area contributed by atoms with Gasteiger partial charge in [-0.15, -0.1) is 0 Å². The monoisotopic (exact) mass is 205 g/mol. The van der Waals surface area contributed by atoms with Crippen molar-refractivity contribution in [1.82, 2.24) is 0 Å². The van der Waals surface area contributed by atoms with E-state index in [-0.39, 0.29) is 17.6 Å². The Morgan fingerprint density at radius 3 is 2.53 bits per heavy atom. The van der Waals surface area contributed by atoms with Gasteiger partial charge in [-0.2, -0.15) is 0 Å². The van der Waals surface area contributed by atoms with E-state index in [9.17, 15) is 5.11 Å². The minimum absolute atomic E-state index is 0.00372. The van der Waals surface area contributed by atoms with Gasteiger partial charge in [0.25, 0.3) is 0 Å². The standard InChI is InChI=1S/C13H19NO/c1-13(2,3)8-4-5-9-10(6-8)12(15)7-11(9)14/h4-6,11-12,15H,7,14H2,1-3H3. The van der Waals surface area contributed by atoms with Gasteiger partial charge in [0.15, 0.2) is 0 Å². The smallest absolute Gasteiger partial charge is 0.0811 e. The van der Waals surface area contributed by atoms with Crippen molar-refractivity contribution in [1.29, 1.82) is 0 Å². The first-order valence-electron chi connectivity index (χ1n) is 5.47. The minimum atomic E-state index is -0.378. The summed E-state index contributed by atoms with van der Waals surface area (Å²) in [5, 5.41) is 9.86. The summed E-state index contributed by atoms with van der Waals surface area (Å²) in [6.45, 7) is 6.53. The quantitative estimate of drug-likeness (QED) is 0.683. The van der Waals surface area contributed by atoms with E-state index in [2.05, 4.69) is 39.0 Å². The lowest BCUT2D eigenvalue weighted by atomic mass is 9.85. The molecule has 0 saturated carbocycles. The number of aliphatic hydroxyl groups is 1. The van der Waals surface area contributed by atoms with E-state index >= 15 is 0 Å². The maximum atomic E-state index is 9.86. The molecule has 0 saturated heterocycles. The highest BCUT2D eigenvalue weighted by Crippen LogP contribution is 2.39. The first-order valence-corrected chi connectivity index (χ1v) is 5.47. The van der Waals surface area contributed by atoms with Crippen LogP contribution in [0.3, 0.4) is 0 Å². The molecule has 0 bridgehead atoms. The van der Waals surface area contributed by atoms with Crippen LogP contribution in [0.1, 0.15) is 56.0 Å². The molecular formula is C13H19NO. The lowest BCUT2D eigenvalue weighted by Gasteiger charge is -2.20. The Hall–Kier alpha value is -0.860. The van der Waals surface area contributed by atoms with Crippen molar-refractivity contribution in [3.05, 3.63) is 34.9 Å². The second-order valence-corrected chi connectivity index (χ2v) is 5.45. The van der Waals surface area contributed by atoms with Gasteiger partial charge in [0.2, 0.25) is 0 Å². The molecule has 82 valence electrons. The molecule has 2 nitrogen and oxygen atoms in total. The third-order valence-corrected chi connectivity index (χ3v) is 3.19. The average molecular weight is 205 g/mol. The molecule has 0 heterocycles. The summed E-state index contributed by atoms with van der Waals surface area (Å²) in [4.78, 5) is 0. The van der Waals surface area contributed by atoms with Crippen LogP contribution in [0.4, 0.5) is 0 Å². The lowest BCUT2D eigenvalue weighted by molar-refractivity contribution is 0.173. The molecule has 1 aliphatic rings. The van der Waals surface area contributed by atoms with Crippen molar-refractivity contribution in [2.75, 3.05) is 0 Å². The first-order chi connectivity index (χ1) is 6.89. The number of aliphatic hydroxyl groups excluding tert-OH is 1. The van der Waals surface area contributed by atoms with Gasteiger partial charge >= 0.3 is 0 Å². The Morgan fingerprint density at radius 1 is 1.27 bits per heavy atom. The van der Waals surface area contributed by atoms with Gasteiger partial charge < -0.3 is 10.8 Å². The molecule has 0 aliphatic heterocycles. The molecule has 0 amide bonds. The molecule has 3 N–H and O–H groups in total. The van der Waals surface area contributed by atoms with Crippen molar-refractivity contribution < 1.29 is 5.11 Å². The van der Waals surface area contributed by atoms with Crippen molar-refractivity contribution in [2.45, 2.75) is 44.8 Å². The van der Waals surface area contributed by atoms with Gasteiger partial charge in [0.1, 0.15) is 0 Å². The number of hydrogen-bond acceptors (Lipinski definition) is 2. The third kappa shape index (κ3) is 1.80. The van der Waals surface area contributed by atoms with E-state index in [1.807, 2.05) is 0 Å². The van der Waals surface area contributed by atoms with Gasteiger partial charge in [-0.1, -0.05) is 39.0 Å². The minimum Gasteiger partial charge on any atom is -0.388 e. The third-order valence-electron chi connectivity index (χ3n) is 3.19. The van der Waals surface area contributed by atoms with Crippen LogP contribution in [-0.4, -0.2) is 5.11 Å². The normalized spacial score (nSPS) is 25.4. The Balaban J connectivity index is 2.48. The van der Waals surface area contributed by atoms with Crippen LogP contribution in [0, 0.1) is 0 Å². The number of rotatable bonds is 0. The largest absolute Gasteiger partial charge is 0.388 e. The second kappa shape index (κ2) is 3.32. The van der Waals surface area contributed by atoms with Gasteiger partial charge in [0.05, 0.1) is 6.10 Å². The van der Waals surface area contributed by atoms with E-state index in [1.165, 1.54) is 5.56 Å². The molecular weight excluding hydrogens is 186 g/mol. The maximum absolute atomic E-state index is 9.86. The van der Waals surface area contributed by atoms with Crippen LogP contribution in [0.2, 0.25) is 0 Å². The van der Waals surface area contributed by atoms with Crippen LogP contribution in [-0.2, 0) is 5.41 Å². The fraction of sp³-hybridized carbons (Fsp3) is 0.538. The molecule has 2 atom stereocenters. The van der Waals surface area contributed by atoms with Gasteiger partial charge in [-0.25, -0.2) is 0 Å². The molecule has 0 radical (unpaired) electrons. The lowest BCUT2D eigenvalue weighted by Crippen LogP contribution is -2.12. The molecule has 1 aromatic rings. The Bertz CT molecular complexity index is 379. The molecule has 0 fully saturated rings. The van der Waals surface area contributed by atoms with Crippen LogP contribution >= 0.6 is 0 Å². The van der Waals surface area contributed by atoms with E-state index in [1.54, 1.807) is 0 Å². The number of nitrogens with two attached hydrogens (primary N) is 1. The number of fused-ring (bicyclic) bond motifs is 1. The van der Waals surface area contributed by atoms with Crippen molar-refractivity contribution >= 4 is 0 Å². The Labute approximate surface area is 91.1 Å². The van der Waals surface area contributed by atoms with Gasteiger partial charge in [-0.3, -0.25) is 0 Å². The fourth-order valence-corrected chi connectivity index (χ4v) is 2.16. The van der Waals surface area contributed by atoms with Gasteiger partial charge in [0, 0.05) is 6.04 Å². The molecule has 2 rings (SSSR count). The predicted molar refractivity (Wildman–Crippen MR) is 61.6 cm³/mol. The molecule has 1 aromatic carbocycles. The highest BCUT2D eigenvalue weighted by Gasteiger charge is 2.28.